The molecule has 0 saturated carbocycles. The monoisotopic (exact) mass is 275 g/mol. The van der Waals surface area contributed by atoms with Crippen LogP contribution < -0.4 is 10.1 Å². The summed E-state index contributed by atoms with van der Waals surface area (Å²) in [5.41, 5.74) is 3.20. The van der Waals surface area contributed by atoms with Gasteiger partial charge in [-0.1, -0.05) is 29.8 Å². The van der Waals surface area contributed by atoms with E-state index in [-0.39, 0.29) is 0 Å². The van der Waals surface area contributed by atoms with Crippen molar-refractivity contribution in [2.24, 2.45) is 0 Å². The van der Waals surface area contributed by atoms with Gasteiger partial charge in [0.2, 0.25) is 0 Å². The van der Waals surface area contributed by atoms with Crippen molar-refractivity contribution in [3.8, 4) is 11.5 Å². The summed E-state index contributed by atoms with van der Waals surface area (Å²) in [6.45, 7) is 4.76. The van der Waals surface area contributed by atoms with Crippen LogP contribution in [0.25, 0.3) is 0 Å². The standard InChI is InChI=1S/C16H18ClNO/c1-11-8-14(9-12(2)16(11)17)19-15-7-5-4-6-13(15)10-18-3/h4-9,18H,10H2,1-3H3. The number of benzene rings is 2. The Labute approximate surface area is 119 Å². The van der Waals surface area contributed by atoms with E-state index < -0.39 is 0 Å². The summed E-state index contributed by atoms with van der Waals surface area (Å²) < 4.78 is 5.98. The van der Waals surface area contributed by atoms with Crippen molar-refractivity contribution in [2.75, 3.05) is 7.05 Å². The van der Waals surface area contributed by atoms with E-state index in [0.29, 0.717) is 0 Å². The van der Waals surface area contributed by atoms with Crippen LogP contribution in [0.1, 0.15) is 16.7 Å². The van der Waals surface area contributed by atoms with E-state index in [1.165, 1.54) is 0 Å². The second kappa shape index (κ2) is 6.09. The molecule has 0 spiro atoms. The maximum Gasteiger partial charge on any atom is 0.131 e. The third-order valence-corrected chi connectivity index (χ3v) is 3.57. The Balaban J connectivity index is 2.31. The minimum Gasteiger partial charge on any atom is -0.457 e. The van der Waals surface area contributed by atoms with Crippen LogP contribution in [0, 0.1) is 13.8 Å². The fourth-order valence-electron chi connectivity index (χ4n) is 2.03. The van der Waals surface area contributed by atoms with Crippen LogP contribution in [0.5, 0.6) is 11.5 Å². The molecule has 2 aromatic carbocycles. The Hall–Kier alpha value is -1.51. The van der Waals surface area contributed by atoms with E-state index in [1.807, 2.05) is 51.2 Å². The zero-order valence-corrected chi connectivity index (χ0v) is 12.2. The normalized spacial score (nSPS) is 10.5. The van der Waals surface area contributed by atoms with Crippen LogP contribution in [0.4, 0.5) is 0 Å². The van der Waals surface area contributed by atoms with Crippen molar-refractivity contribution in [2.45, 2.75) is 20.4 Å². The molecule has 2 nitrogen and oxygen atoms in total. The fraction of sp³-hybridized carbons (Fsp3) is 0.250. The van der Waals surface area contributed by atoms with Crippen LogP contribution in [0.2, 0.25) is 5.02 Å². The maximum absolute atomic E-state index is 6.17. The number of aryl methyl sites for hydroxylation is 2. The molecule has 0 aliphatic carbocycles. The molecule has 3 heteroatoms. The lowest BCUT2D eigenvalue weighted by Gasteiger charge is -2.13. The fourth-order valence-corrected chi connectivity index (χ4v) is 2.14. The van der Waals surface area contributed by atoms with Gasteiger partial charge >= 0.3 is 0 Å². The average molecular weight is 276 g/mol. The van der Waals surface area contributed by atoms with Crippen molar-refractivity contribution < 1.29 is 4.74 Å². The number of hydrogen-bond acceptors (Lipinski definition) is 2. The number of hydrogen-bond donors (Lipinski definition) is 1. The van der Waals surface area contributed by atoms with E-state index in [9.17, 15) is 0 Å². The van der Waals surface area contributed by atoms with Gasteiger partial charge < -0.3 is 10.1 Å². The molecule has 19 heavy (non-hydrogen) atoms. The zero-order valence-electron chi connectivity index (χ0n) is 11.5. The van der Waals surface area contributed by atoms with E-state index in [4.69, 9.17) is 16.3 Å². The van der Waals surface area contributed by atoms with Gasteiger partial charge in [-0.2, -0.15) is 0 Å². The highest BCUT2D eigenvalue weighted by molar-refractivity contribution is 6.32. The molecule has 0 bridgehead atoms. The van der Waals surface area contributed by atoms with Crippen LogP contribution in [-0.2, 0) is 6.54 Å². The number of nitrogens with one attached hydrogen (secondary N) is 1. The molecule has 2 rings (SSSR count). The largest absolute Gasteiger partial charge is 0.457 e. The minimum absolute atomic E-state index is 0.779. The summed E-state index contributed by atoms with van der Waals surface area (Å²) in [6.07, 6.45) is 0. The van der Waals surface area contributed by atoms with Gasteiger partial charge in [0.25, 0.3) is 0 Å². The van der Waals surface area contributed by atoms with E-state index in [2.05, 4.69) is 11.4 Å². The number of halogens is 1. The van der Waals surface area contributed by atoms with Crippen molar-refractivity contribution in [1.82, 2.24) is 5.32 Å². The molecule has 0 aliphatic rings. The number of ether oxygens (including phenoxy) is 1. The molecule has 0 atom stereocenters. The predicted molar refractivity (Wildman–Crippen MR) is 80.2 cm³/mol. The summed E-state index contributed by atoms with van der Waals surface area (Å²) in [7, 11) is 1.92. The van der Waals surface area contributed by atoms with Crippen molar-refractivity contribution in [3.63, 3.8) is 0 Å². The van der Waals surface area contributed by atoms with E-state index >= 15 is 0 Å². The average Bonchev–Trinajstić information content (AvgIpc) is 2.38. The van der Waals surface area contributed by atoms with E-state index in [0.717, 1.165) is 39.8 Å². The van der Waals surface area contributed by atoms with E-state index in [1.54, 1.807) is 0 Å². The molecule has 1 N–H and O–H groups in total. The van der Waals surface area contributed by atoms with Crippen molar-refractivity contribution in [3.05, 3.63) is 58.1 Å². The topological polar surface area (TPSA) is 21.3 Å². The summed E-state index contributed by atoms with van der Waals surface area (Å²) in [4.78, 5) is 0. The molecule has 0 saturated heterocycles. The SMILES string of the molecule is CNCc1ccccc1Oc1cc(C)c(Cl)c(C)c1. The molecule has 2 aromatic rings. The number of para-hydroxylation sites is 1. The smallest absolute Gasteiger partial charge is 0.131 e. The first kappa shape index (κ1) is 13.9. The van der Waals surface area contributed by atoms with Gasteiger partial charge in [0.05, 0.1) is 0 Å². The Bertz CT molecular complexity index is 558. The second-order valence-electron chi connectivity index (χ2n) is 4.61. The van der Waals surface area contributed by atoms with Gasteiger partial charge in [0.1, 0.15) is 11.5 Å². The molecule has 0 heterocycles. The summed E-state index contributed by atoms with van der Waals surface area (Å²) >= 11 is 6.17. The second-order valence-corrected chi connectivity index (χ2v) is 4.99. The van der Waals surface area contributed by atoms with Crippen LogP contribution in [-0.4, -0.2) is 7.05 Å². The summed E-state index contributed by atoms with van der Waals surface area (Å²) in [5, 5.41) is 3.94. The summed E-state index contributed by atoms with van der Waals surface area (Å²) in [6, 6.07) is 12.0. The van der Waals surface area contributed by atoms with Gasteiger partial charge in [0.15, 0.2) is 0 Å². The van der Waals surface area contributed by atoms with Crippen LogP contribution in [0.3, 0.4) is 0 Å². The van der Waals surface area contributed by atoms with Crippen LogP contribution >= 0.6 is 11.6 Å². The zero-order chi connectivity index (χ0) is 13.8. The van der Waals surface area contributed by atoms with Crippen molar-refractivity contribution >= 4 is 11.6 Å². The third-order valence-electron chi connectivity index (χ3n) is 2.98. The molecule has 0 aromatic heterocycles. The maximum atomic E-state index is 6.17. The quantitative estimate of drug-likeness (QED) is 0.889. The highest BCUT2D eigenvalue weighted by Gasteiger charge is 2.07. The molecule has 0 radical (unpaired) electrons. The Morgan fingerprint density at radius 2 is 1.74 bits per heavy atom. The molecular weight excluding hydrogens is 258 g/mol. The van der Waals surface area contributed by atoms with Gasteiger partial charge in [-0.05, 0) is 50.2 Å². The first-order valence-electron chi connectivity index (χ1n) is 6.29. The number of rotatable bonds is 4. The predicted octanol–water partition coefficient (Wildman–Crippen LogP) is 4.47. The first-order chi connectivity index (χ1) is 9.11. The molecule has 100 valence electrons. The lowest BCUT2D eigenvalue weighted by molar-refractivity contribution is 0.473. The first-order valence-corrected chi connectivity index (χ1v) is 6.66. The van der Waals surface area contributed by atoms with Gasteiger partial charge in [-0.3, -0.25) is 0 Å². The van der Waals surface area contributed by atoms with Crippen molar-refractivity contribution in [1.29, 1.82) is 0 Å². The molecule has 0 aliphatic heterocycles. The lowest BCUT2D eigenvalue weighted by Crippen LogP contribution is -2.06. The van der Waals surface area contributed by atoms with Gasteiger partial charge in [-0.25, -0.2) is 0 Å². The third kappa shape index (κ3) is 3.28. The highest BCUT2D eigenvalue weighted by Crippen LogP contribution is 2.30. The van der Waals surface area contributed by atoms with Gasteiger partial charge in [0, 0.05) is 17.1 Å². The lowest BCUT2D eigenvalue weighted by atomic mass is 10.1. The van der Waals surface area contributed by atoms with Gasteiger partial charge in [-0.15, -0.1) is 0 Å². The molecule has 0 fully saturated rings. The van der Waals surface area contributed by atoms with Crippen LogP contribution in [0.15, 0.2) is 36.4 Å². The Kier molecular flexibility index (Phi) is 4.46. The Morgan fingerprint density at radius 1 is 1.11 bits per heavy atom. The summed E-state index contributed by atoms with van der Waals surface area (Å²) in [5.74, 6) is 1.70. The Morgan fingerprint density at radius 3 is 2.37 bits per heavy atom. The highest BCUT2D eigenvalue weighted by atomic mass is 35.5. The molecule has 0 unspecified atom stereocenters. The minimum atomic E-state index is 0.779. The molecular formula is C16H18ClNO. The molecule has 0 amide bonds.